The van der Waals surface area contributed by atoms with Crippen LogP contribution in [0.3, 0.4) is 0 Å². The lowest BCUT2D eigenvalue weighted by molar-refractivity contribution is 0.0924. The van der Waals surface area contributed by atoms with E-state index in [1.807, 2.05) is 6.07 Å². The fourth-order valence-electron chi connectivity index (χ4n) is 2.95. The molecule has 0 amide bonds. The van der Waals surface area contributed by atoms with Crippen LogP contribution in [-0.4, -0.2) is 11.2 Å². The van der Waals surface area contributed by atoms with Crippen LogP contribution >= 0.6 is 0 Å². The van der Waals surface area contributed by atoms with Crippen molar-refractivity contribution in [1.29, 1.82) is 0 Å². The van der Waals surface area contributed by atoms with E-state index in [0.717, 1.165) is 12.8 Å². The Kier molecular flexibility index (Phi) is 4.18. The van der Waals surface area contributed by atoms with Crippen LogP contribution in [0, 0.1) is 17.7 Å². The second-order valence-corrected chi connectivity index (χ2v) is 5.55. The molecule has 18 heavy (non-hydrogen) atoms. The summed E-state index contributed by atoms with van der Waals surface area (Å²) >= 11 is 0. The third-order valence-electron chi connectivity index (χ3n) is 3.76. The Hall–Kier alpha value is -1.15. The van der Waals surface area contributed by atoms with Crippen LogP contribution in [0.25, 0.3) is 0 Å². The van der Waals surface area contributed by atoms with Crippen molar-refractivity contribution in [3.05, 3.63) is 47.3 Å². The van der Waals surface area contributed by atoms with Crippen LogP contribution in [-0.2, 0) is 6.42 Å². The van der Waals surface area contributed by atoms with Gasteiger partial charge in [-0.15, -0.1) is 0 Å². The van der Waals surface area contributed by atoms with Crippen LogP contribution < -0.4 is 0 Å². The Morgan fingerprint density at radius 3 is 2.78 bits per heavy atom. The first-order chi connectivity index (χ1) is 8.56. The summed E-state index contributed by atoms with van der Waals surface area (Å²) in [5.41, 5.74) is 1.95. The minimum atomic E-state index is -0.451. The second-order valence-electron chi connectivity index (χ2n) is 5.55. The van der Waals surface area contributed by atoms with Gasteiger partial charge in [0.05, 0.1) is 6.10 Å². The average molecular weight is 248 g/mol. The fourth-order valence-corrected chi connectivity index (χ4v) is 2.95. The Labute approximate surface area is 108 Å². The molecule has 2 heteroatoms. The van der Waals surface area contributed by atoms with Gasteiger partial charge in [0.2, 0.25) is 0 Å². The molecule has 1 aromatic carbocycles. The molecule has 0 aromatic heterocycles. The summed E-state index contributed by atoms with van der Waals surface area (Å²) in [6, 6.07) is 6.71. The standard InChI is InChI=1S/C16H21FO/c1-11-7-12(2)9-14(8-11)16(18)10-13-5-3-4-6-15(13)17/h3-7,11,14,16,18H,8-10H2,1-2H3. The number of hydrogen-bond donors (Lipinski definition) is 1. The first-order valence-electron chi connectivity index (χ1n) is 6.65. The predicted octanol–water partition coefficient (Wildman–Crippen LogP) is 3.72. The van der Waals surface area contributed by atoms with Crippen LogP contribution in [0.15, 0.2) is 35.9 Å². The van der Waals surface area contributed by atoms with Gasteiger partial charge in [-0.3, -0.25) is 0 Å². The van der Waals surface area contributed by atoms with Crippen LogP contribution in [0.1, 0.15) is 32.3 Å². The molecule has 3 atom stereocenters. The smallest absolute Gasteiger partial charge is 0.126 e. The zero-order valence-electron chi connectivity index (χ0n) is 11.1. The Bertz CT molecular complexity index is 438. The number of benzene rings is 1. The maximum atomic E-state index is 13.5. The highest BCUT2D eigenvalue weighted by atomic mass is 19.1. The summed E-state index contributed by atoms with van der Waals surface area (Å²) in [5.74, 6) is 0.552. The van der Waals surface area contributed by atoms with Gasteiger partial charge in [0.25, 0.3) is 0 Å². The number of halogens is 1. The van der Waals surface area contributed by atoms with Gasteiger partial charge in [0.1, 0.15) is 5.82 Å². The molecule has 0 saturated heterocycles. The quantitative estimate of drug-likeness (QED) is 0.808. The summed E-state index contributed by atoms with van der Waals surface area (Å²) < 4.78 is 13.5. The van der Waals surface area contributed by atoms with E-state index in [-0.39, 0.29) is 11.7 Å². The lowest BCUT2D eigenvalue weighted by Gasteiger charge is -2.29. The third-order valence-corrected chi connectivity index (χ3v) is 3.76. The van der Waals surface area contributed by atoms with Crippen LogP contribution in [0.4, 0.5) is 4.39 Å². The van der Waals surface area contributed by atoms with Gasteiger partial charge in [-0.2, -0.15) is 0 Å². The Morgan fingerprint density at radius 2 is 2.11 bits per heavy atom. The van der Waals surface area contributed by atoms with Gasteiger partial charge in [-0.25, -0.2) is 4.39 Å². The molecule has 0 radical (unpaired) electrons. The number of hydrogen-bond acceptors (Lipinski definition) is 1. The van der Waals surface area contributed by atoms with Crippen molar-refractivity contribution < 1.29 is 9.50 Å². The van der Waals surface area contributed by atoms with Gasteiger partial charge in [-0.05, 0) is 43.2 Å². The van der Waals surface area contributed by atoms with Crippen molar-refractivity contribution in [2.45, 2.75) is 39.2 Å². The molecular weight excluding hydrogens is 227 g/mol. The molecule has 0 aliphatic heterocycles. The normalized spacial score (nSPS) is 25.7. The van der Waals surface area contributed by atoms with Gasteiger partial charge in [0, 0.05) is 6.42 Å². The van der Waals surface area contributed by atoms with E-state index in [1.165, 1.54) is 11.6 Å². The van der Waals surface area contributed by atoms with Crippen molar-refractivity contribution in [3.8, 4) is 0 Å². The number of rotatable bonds is 3. The van der Waals surface area contributed by atoms with E-state index in [4.69, 9.17) is 0 Å². The van der Waals surface area contributed by atoms with E-state index in [9.17, 15) is 9.50 Å². The van der Waals surface area contributed by atoms with E-state index in [2.05, 4.69) is 19.9 Å². The summed E-state index contributed by atoms with van der Waals surface area (Å²) in [4.78, 5) is 0. The Balaban J connectivity index is 2.03. The zero-order chi connectivity index (χ0) is 13.1. The lowest BCUT2D eigenvalue weighted by Crippen LogP contribution is -2.27. The topological polar surface area (TPSA) is 20.2 Å². The van der Waals surface area contributed by atoms with E-state index < -0.39 is 6.10 Å². The van der Waals surface area contributed by atoms with Gasteiger partial charge < -0.3 is 5.11 Å². The average Bonchev–Trinajstić information content (AvgIpc) is 2.31. The first kappa shape index (κ1) is 13.3. The third kappa shape index (κ3) is 3.20. The monoisotopic (exact) mass is 248 g/mol. The highest BCUT2D eigenvalue weighted by Gasteiger charge is 2.25. The summed E-state index contributed by atoms with van der Waals surface area (Å²) in [6.45, 7) is 4.28. The van der Waals surface area contributed by atoms with Gasteiger partial charge in [0.15, 0.2) is 0 Å². The number of aliphatic hydroxyl groups is 1. The first-order valence-corrected chi connectivity index (χ1v) is 6.65. The minimum Gasteiger partial charge on any atom is -0.392 e. The van der Waals surface area contributed by atoms with Crippen molar-refractivity contribution in [3.63, 3.8) is 0 Å². The molecule has 1 aromatic rings. The maximum absolute atomic E-state index is 13.5. The highest BCUT2D eigenvalue weighted by Crippen LogP contribution is 2.31. The number of allylic oxidation sites excluding steroid dienone is 2. The molecule has 1 nitrogen and oxygen atoms in total. The van der Waals surface area contributed by atoms with Crippen molar-refractivity contribution in [2.75, 3.05) is 0 Å². The van der Waals surface area contributed by atoms with Crippen molar-refractivity contribution in [2.24, 2.45) is 11.8 Å². The lowest BCUT2D eigenvalue weighted by atomic mass is 9.79. The Morgan fingerprint density at radius 1 is 1.39 bits per heavy atom. The summed E-state index contributed by atoms with van der Waals surface area (Å²) in [6.07, 6.45) is 4.16. The molecule has 1 aliphatic rings. The summed E-state index contributed by atoms with van der Waals surface area (Å²) in [5, 5.41) is 10.3. The molecule has 0 bridgehead atoms. The van der Waals surface area contributed by atoms with Crippen LogP contribution in [0.2, 0.25) is 0 Å². The molecule has 3 unspecified atom stereocenters. The van der Waals surface area contributed by atoms with E-state index in [0.29, 0.717) is 17.9 Å². The SMILES string of the molecule is CC1=CC(C)CC(C(O)Cc2ccccc2F)C1. The van der Waals surface area contributed by atoms with Crippen LogP contribution in [0.5, 0.6) is 0 Å². The second kappa shape index (κ2) is 5.66. The molecule has 2 rings (SSSR count). The van der Waals surface area contributed by atoms with Crippen molar-refractivity contribution in [1.82, 2.24) is 0 Å². The molecular formula is C16H21FO. The molecule has 0 heterocycles. The van der Waals surface area contributed by atoms with E-state index >= 15 is 0 Å². The van der Waals surface area contributed by atoms with Gasteiger partial charge in [-0.1, -0.05) is 36.8 Å². The number of aliphatic hydroxyl groups excluding tert-OH is 1. The molecule has 1 aliphatic carbocycles. The molecule has 1 N–H and O–H groups in total. The predicted molar refractivity (Wildman–Crippen MR) is 71.8 cm³/mol. The largest absolute Gasteiger partial charge is 0.392 e. The zero-order valence-corrected chi connectivity index (χ0v) is 11.1. The molecule has 98 valence electrons. The fraction of sp³-hybridized carbons (Fsp3) is 0.500. The van der Waals surface area contributed by atoms with E-state index in [1.54, 1.807) is 12.1 Å². The maximum Gasteiger partial charge on any atom is 0.126 e. The minimum absolute atomic E-state index is 0.215. The van der Waals surface area contributed by atoms with Crippen molar-refractivity contribution >= 4 is 0 Å². The summed E-state index contributed by atoms with van der Waals surface area (Å²) in [7, 11) is 0. The molecule has 0 fully saturated rings. The van der Waals surface area contributed by atoms with Gasteiger partial charge >= 0.3 is 0 Å². The highest BCUT2D eigenvalue weighted by molar-refractivity contribution is 5.18. The molecule has 0 saturated carbocycles. The molecule has 0 spiro atoms.